The van der Waals surface area contributed by atoms with Crippen LogP contribution >= 0.6 is 0 Å². The number of hydrogen-bond donors (Lipinski definition) is 0. The lowest BCUT2D eigenvalue weighted by atomic mass is 10.1. The van der Waals surface area contributed by atoms with Gasteiger partial charge in [0.25, 0.3) is 0 Å². The molecular weight excluding hydrogens is 103 g/mol. The lowest BCUT2D eigenvalue weighted by Crippen LogP contribution is -1.89. The molecule has 0 radical (unpaired) electrons. The van der Waals surface area contributed by atoms with Crippen LogP contribution < -0.4 is 0 Å². The highest BCUT2D eigenvalue weighted by Crippen LogP contribution is 2.38. The van der Waals surface area contributed by atoms with Crippen LogP contribution in [0.15, 0.2) is 0 Å². The first-order valence-corrected chi connectivity index (χ1v) is 3.34. The summed E-state index contributed by atoms with van der Waals surface area (Å²) < 4.78 is 12.1. The van der Waals surface area contributed by atoms with Crippen LogP contribution in [0.2, 0.25) is 0 Å². The maximum absolute atomic E-state index is 12.1. The summed E-state index contributed by atoms with van der Waals surface area (Å²) in [4.78, 5) is 0. The summed E-state index contributed by atoms with van der Waals surface area (Å²) >= 11 is 0. The van der Waals surface area contributed by atoms with Gasteiger partial charge in [-0.05, 0) is 24.7 Å². The molecule has 0 spiro atoms. The lowest BCUT2D eigenvalue weighted by molar-refractivity contribution is 0.413. The van der Waals surface area contributed by atoms with Gasteiger partial charge in [-0.1, -0.05) is 13.8 Å². The van der Waals surface area contributed by atoms with Crippen molar-refractivity contribution in [3.05, 3.63) is 0 Å². The average molecular weight is 116 g/mol. The third-order valence-electron chi connectivity index (χ3n) is 1.61. The molecule has 0 aromatic carbocycles. The van der Waals surface area contributed by atoms with Crippen LogP contribution in [0.4, 0.5) is 4.39 Å². The Kier molecular flexibility index (Phi) is 1.54. The Bertz CT molecular complexity index is 78.5. The summed E-state index contributed by atoms with van der Waals surface area (Å²) in [5.41, 5.74) is 0. The molecule has 0 N–H and O–H groups in total. The van der Waals surface area contributed by atoms with Crippen LogP contribution in [0.1, 0.15) is 26.7 Å². The first-order chi connectivity index (χ1) is 3.70. The summed E-state index contributed by atoms with van der Waals surface area (Å²) in [5, 5.41) is 0. The van der Waals surface area contributed by atoms with Crippen LogP contribution in [0.25, 0.3) is 0 Å². The predicted molar refractivity (Wildman–Crippen MR) is 32.5 cm³/mol. The van der Waals surface area contributed by atoms with Crippen molar-refractivity contribution in [2.75, 3.05) is 0 Å². The maximum Gasteiger partial charge on any atom is 0.103 e. The number of halogens is 1. The minimum Gasteiger partial charge on any atom is -0.247 e. The van der Waals surface area contributed by atoms with Gasteiger partial charge in [0.2, 0.25) is 0 Å². The van der Waals surface area contributed by atoms with Crippen LogP contribution in [0.3, 0.4) is 0 Å². The van der Waals surface area contributed by atoms with E-state index in [0.29, 0.717) is 11.8 Å². The SMILES string of the molecule is CC(C)C[C@@H]1C[C@H]1F. The summed E-state index contributed by atoms with van der Waals surface area (Å²) in [6, 6.07) is 0. The van der Waals surface area contributed by atoms with Crippen LogP contribution in [0, 0.1) is 11.8 Å². The molecule has 0 nitrogen and oxygen atoms in total. The molecule has 0 bridgehead atoms. The topological polar surface area (TPSA) is 0 Å². The Morgan fingerprint density at radius 1 is 1.62 bits per heavy atom. The van der Waals surface area contributed by atoms with E-state index in [1.54, 1.807) is 0 Å². The third kappa shape index (κ3) is 1.46. The summed E-state index contributed by atoms with van der Waals surface area (Å²) in [6.07, 6.45) is 1.47. The molecule has 0 aliphatic heterocycles. The monoisotopic (exact) mass is 116 g/mol. The van der Waals surface area contributed by atoms with Crippen molar-refractivity contribution in [2.45, 2.75) is 32.9 Å². The minimum absolute atomic E-state index is 0.426. The molecule has 0 unspecified atom stereocenters. The summed E-state index contributed by atoms with van der Waals surface area (Å²) in [7, 11) is 0. The van der Waals surface area contributed by atoms with Gasteiger partial charge in [-0.2, -0.15) is 0 Å². The third-order valence-corrected chi connectivity index (χ3v) is 1.61. The smallest absolute Gasteiger partial charge is 0.103 e. The van der Waals surface area contributed by atoms with E-state index in [0.717, 1.165) is 12.8 Å². The zero-order valence-electron chi connectivity index (χ0n) is 5.52. The largest absolute Gasteiger partial charge is 0.247 e. The van der Waals surface area contributed by atoms with Crippen molar-refractivity contribution in [3.8, 4) is 0 Å². The maximum atomic E-state index is 12.1. The van der Waals surface area contributed by atoms with E-state index < -0.39 is 6.17 Å². The highest BCUT2D eigenvalue weighted by atomic mass is 19.1. The molecule has 0 amide bonds. The molecule has 8 heavy (non-hydrogen) atoms. The van der Waals surface area contributed by atoms with E-state index in [1.807, 2.05) is 0 Å². The van der Waals surface area contributed by atoms with Gasteiger partial charge in [0.15, 0.2) is 0 Å². The fourth-order valence-corrected chi connectivity index (χ4v) is 1.06. The highest BCUT2D eigenvalue weighted by Gasteiger charge is 2.37. The van der Waals surface area contributed by atoms with E-state index in [2.05, 4.69) is 13.8 Å². The molecular formula is C7H13F. The molecule has 1 rings (SSSR count). The van der Waals surface area contributed by atoms with Crippen molar-refractivity contribution < 1.29 is 4.39 Å². The van der Waals surface area contributed by atoms with Crippen LogP contribution in [0.5, 0.6) is 0 Å². The molecule has 0 aromatic heterocycles. The van der Waals surface area contributed by atoms with Crippen molar-refractivity contribution in [3.63, 3.8) is 0 Å². The Labute approximate surface area is 50.1 Å². The molecule has 2 atom stereocenters. The molecule has 1 saturated carbocycles. The zero-order valence-corrected chi connectivity index (χ0v) is 5.52. The van der Waals surface area contributed by atoms with Crippen LogP contribution in [-0.4, -0.2) is 6.17 Å². The van der Waals surface area contributed by atoms with E-state index in [9.17, 15) is 4.39 Å². The van der Waals surface area contributed by atoms with Gasteiger partial charge >= 0.3 is 0 Å². The average Bonchev–Trinajstić information content (AvgIpc) is 2.17. The summed E-state index contributed by atoms with van der Waals surface area (Å²) in [6.45, 7) is 4.29. The first-order valence-electron chi connectivity index (χ1n) is 3.34. The molecule has 48 valence electrons. The van der Waals surface area contributed by atoms with Crippen LogP contribution in [-0.2, 0) is 0 Å². The quantitative estimate of drug-likeness (QED) is 0.519. The Morgan fingerprint density at radius 3 is 2.25 bits per heavy atom. The van der Waals surface area contributed by atoms with E-state index in [1.165, 1.54) is 0 Å². The van der Waals surface area contributed by atoms with Gasteiger partial charge in [-0.25, -0.2) is 4.39 Å². The second kappa shape index (κ2) is 2.04. The molecule has 0 heterocycles. The Balaban J connectivity index is 2.05. The highest BCUT2D eigenvalue weighted by molar-refractivity contribution is 4.86. The second-order valence-corrected chi connectivity index (χ2v) is 3.14. The Hall–Kier alpha value is -0.0700. The van der Waals surface area contributed by atoms with Gasteiger partial charge in [0.1, 0.15) is 6.17 Å². The van der Waals surface area contributed by atoms with Crippen molar-refractivity contribution in [1.82, 2.24) is 0 Å². The molecule has 0 saturated heterocycles. The summed E-state index contributed by atoms with van der Waals surface area (Å²) in [5.74, 6) is 1.11. The molecule has 1 heteroatoms. The molecule has 1 aliphatic carbocycles. The van der Waals surface area contributed by atoms with E-state index >= 15 is 0 Å². The van der Waals surface area contributed by atoms with Gasteiger partial charge < -0.3 is 0 Å². The lowest BCUT2D eigenvalue weighted by Gasteiger charge is -1.98. The first kappa shape index (κ1) is 6.06. The zero-order chi connectivity index (χ0) is 6.15. The standard InChI is InChI=1S/C7H13F/c1-5(2)3-6-4-7(6)8/h5-7H,3-4H2,1-2H3/t6-,7-/m1/s1. The van der Waals surface area contributed by atoms with Crippen molar-refractivity contribution in [2.24, 2.45) is 11.8 Å². The number of rotatable bonds is 2. The van der Waals surface area contributed by atoms with Gasteiger partial charge in [0, 0.05) is 0 Å². The Morgan fingerprint density at radius 2 is 2.12 bits per heavy atom. The van der Waals surface area contributed by atoms with E-state index in [4.69, 9.17) is 0 Å². The number of alkyl halides is 1. The van der Waals surface area contributed by atoms with Gasteiger partial charge in [0.05, 0.1) is 0 Å². The fraction of sp³-hybridized carbons (Fsp3) is 1.00. The van der Waals surface area contributed by atoms with Crippen molar-refractivity contribution >= 4 is 0 Å². The molecule has 0 aromatic rings. The van der Waals surface area contributed by atoms with Gasteiger partial charge in [-0.3, -0.25) is 0 Å². The normalized spacial score (nSPS) is 36.0. The number of hydrogen-bond acceptors (Lipinski definition) is 0. The van der Waals surface area contributed by atoms with E-state index in [-0.39, 0.29) is 0 Å². The predicted octanol–water partition coefficient (Wildman–Crippen LogP) is 2.39. The fourth-order valence-electron chi connectivity index (χ4n) is 1.06. The minimum atomic E-state index is -0.447. The molecule has 1 fully saturated rings. The van der Waals surface area contributed by atoms with Gasteiger partial charge in [-0.15, -0.1) is 0 Å². The van der Waals surface area contributed by atoms with Crippen molar-refractivity contribution in [1.29, 1.82) is 0 Å². The second-order valence-electron chi connectivity index (χ2n) is 3.14. The molecule has 1 aliphatic rings.